The quantitative estimate of drug-likeness (QED) is 0.182. The van der Waals surface area contributed by atoms with Gasteiger partial charge in [0.15, 0.2) is 0 Å². The van der Waals surface area contributed by atoms with Gasteiger partial charge in [-0.2, -0.15) is 0 Å². The summed E-state index contributed by atoms with van der Waals surface area (Å²) in [4.78, 5) is 0. The van der Waals surface area contributed by atoms with E-state index in [1.165, 1.54) is 87.8 Å². The van der Waals surface area contributed by atoms with Crippen LogP contribution in [0.5, 0.6) is 23.0 Å². The van der Waals surface area contributed by atoms with E-state index >= 15 is 0 Å². The van der Waals surface area contributed by atoms with Crippen LogP contribution in [0.15, 0.2) is 127 Å². The van der Waals surface area contributed by atoms with Crippen LogP contribution in [0.4, 0.5) is 0 Å². The Hall–Kier alpha value is -6.13. The van der Waals surface area contributed by atoms with Gasteiger partial charge in [0.1, 0.15) is 23.0 Å². The Labute approximate surface area is 294 Å². The molecule has 51 heavy (non-hydrogen) atoms. The fourth-order valence-corrected chi connectivity index (χ4v) is 10.3. The number of nitrogens with zero attached hydrogens (tertiary/aromatic N) is 2. The summed E-state index contributed by atoms with van der Waals surface area (Å²) in [7, 11) is 0. The van der Waals surface area contributed by atoms with Gasteiger partial charge in [0, 0.05) is 38.5 Å². The minimum Gasteiger partial charge on any atom is -0.458 e. The Balaban J connectivity index is 1.17. The van der Waals surface area contributed by atoms with E-state index in [4.69, 9.17) is 9.47 Å². The average Bonchev–Trinajstić information content (AvgIpc) is 3.69. The predicted octanol–water partition coefficient (Wildman–Crippen LogP) is 6.87. The molecule has 2 aromatic heterocycles. The second kappa shape index (κ2) is 8.96. The zero-order chi connectivity index (χ0) is 33.3. The van der Waals surface area contributed by atoms with Crippen molar-refractivity contribution in [1.82, 2.24) is 9.13 Å². The zero-order valence-corrected chi connectivity index (χ0v) is 28.1. The third-order valence-electron chi connectivity index (χ3n) is 12.2. The van der Waals surface area contributed by atoms with Gasteiger partial charge in [0.05, 0.1) is 22.1 Å². The van der Waals surface area contributed by atoms with Crippen molar-refractivity contribution < 1.29 is 9.47 Å². The highest BCUT2D eigenvalue weighted by atomic mass is 16.5. The number of benzene rings is 7. The molecule has 4 aliphatic heterocycles. The fraction of sp³-hybridized carbons (Fsp3) is 0.0667. The highest BCUT2D eigenvalue weighted by molar-refractivity contribution is 7.02. The number of rotatable bonds is 1. The van der Waals surface area contributed by atoms with Gasteiger partial charge in [-0.25, -0.2) is 0 Å². The van der Waals surface area contributed by atoms with Crippen LogP contribution in [0.25, 0.3) is 55.0 Å². The van der Waals surface area contributed by atoms with E-state index in [-0.39, 0.29) is 19.3 Å². The molecule has 0 saturated heterocycles. The Bertz CT molecular complexity index is 2900. The van der Waals surface area contributed by atoms with Crippen molar-refractivity contribution in [3.63, 3.8) is 0 Å². The van der Waals surface area contributed by atoms with Gasteiger partial charge in [-0.15, -0.1) is 0 Å². The van der Waals surface area contributed by atoms with Gasteiger partial charge < -0.3 is 18.6 Å². The monoisotopic (exact) mass is 650 g/mol. The first-order valence-corrected chi connectivity index (χ1v) is 18.0. The molecule has 0 amide bonds. The molecule has 4 nitrogen and oxygen atoms in total. The Morgan fingerprint density at radius 1 is 0.471 bits per heavy atom. The van der Waals surface area contributed by atoms with Crippen molar-refractivity contribution in [3.05, 3.63) is 133 Å². The lowest BCUT2D eigenvalue weighted by molar-refractivity contribution is 0.450. The van der Waals surface area contributed by atoms with Crippen LogP contribution in [0.3, 0.4) is 0 Å². The van der Waals surface area contributed by atoms with Crippen LogP contribution in [0.2, 0.25) is 0 Å². The summed E-state index contributed by atoms with van der Waals surface area (Å²) in [6, 6.07) is 46.9. The molecule has 4 aliphatic rings. The van der Waals surface area contributed by atoms with Gasteiger partial charge >= 0.3 is 0 Å². The molecule has 0 radical (unpaired) electrons. The average molecular weight is 650 g/mol. The van der Waals surface area contributed by atoms with Crippen LogP contribution < -0.4 is 42.3 Å². The normalized spacial score (nSPS) is 14.1. The van der Waals surface area contributed by atoms with Gasteiger partial charge in [-0.3, -0.25) is 0 Å². The molecule has 13 rings (SSSR count). The molecule has 0 atom stereocenters. The van der Waals surface area contributed by atoms with Crippen LogP contribution in [0.1, 0.15) is 25.3 Å². The van der Waals surface area contributed by atoms with Gasteiger partial charge in [-0.1, -0.05) is 92.7 Å². The highest BCUT2D eigenvalue weighted by Gasteiger charge is 2.47. The minimum absolute atomic E-state index is 0.0192. The summed E-state index contributed by atoms with van der Waals surface area (Å²) in [5.41, 5.74) is 16.2. The lowest BCUT2D eigenvalue weighted by Crippen LogP contribution is -2.62. The van der Waals surface area contributed by atoms with Crippen molar-refractivity contribution in [2.24, 2.45) is 0 Å². The van der Waals surface area contributed by atoms with E-state index in [2.05, 4.69) is 150 Å². The molecule has 0 unspecified atom stereocenters. The van der Waals surface area contributed by atoms with Crippen LogP contribution in [0, 0.1) is 0 Å². The summed E-state index contributed by atoms with van der Waals surface area (Å²) >= 11 is 0. The van der Waals surface area contributed by atoms with E-state index in [0.717, 1.165) is 28.6 Å². The van der Waals surface area contributed by atoms with Crippen molar-refractivity contribution in [1.29, 1.82) is 0 Å². The smallest absolute Gasteiger partial charge is 0.256 e. The maximum absolute atomic E-state index is 7.17. The first-order chi connectivity index (χ1) is 25.2. The standard InChI is InChI=1S/C45H28B2N2O2/c1-24(2)39-44-31(46-29-13-5-9-17-35(29)48-33-15-7-3-11-25(33)27-19-21-37(50-44)40(46)42(27)48)23-32-45(39)51-38-22-20-28-26-12-4-8-16-34(26)49-36-18-10-6-14-30(36)47(32)41(38)43(28)49/h3-24H,1-2H3. The molecule has 6 heterocycles. The molecule has 7 aromatic carbocycles. The van der Waals surface area contributed by atoms with E-state index in [9.17, 15) is 0 Å². The molecule has 9 aromatic rings. The number of ether oxygens (including phenoxy) is 2. The predicted molar refractivity (Wildman–Crippen MR) is 212 cm³/mol. The number of hydrogen-bond donors (Lipinski definition) is 0. The zero-order valence-electron chi connectivity index (χ0n) is 28.1. The summed E-state index contributed by atoms with van der Waals surface area (Å²) in [5, 5.41) is 5.08. The molecular formula is C45H28B2N2O2. The van der Waals surface area contributed by atoms with Gasteiger partial charge in [-0.05, 0) is 87.2 Å². The number of hydrogen-bond acceptors (Lipinski definition) is 2. The third-order valence-corrected chi connectivity index (χ3v) is 12.2. The van der Waals surface area contributed by atoms with E-state index in [1.54, 1.807) is 0 Å². The summed E-state index contributed by atoms with van der Waals surface area (Å²) < 4.78 is 19.3. The molecule has 0 spiro atoms. The molecular weight excluding hydrogens is 622 g/mol. The van der Waals surface area contributed by atoms with Gasteiger partial charge in [0.2, 0.25) is 0 Å². The van der Waals surface area contributed by atoms with Crippen LogP contribution >= 0.6 is 0 Å². The lowest BCUT2D eigenvalue weighted by Gasteiger charge is -2.38. The maximum atomic E-state index is 7.17. The second-order valence-electron chi connectivity index (χ2n) is 14.9. The number of para-hydroxylation sites is 4. The first-order valence-electron chi connectivity index (χ1n) is 18.0. The molecule has 0 N–H and O–H groups in total. The van der Waals surface area contributed by atoms with Gasteiger partial charge in [0.25, 0.3) is 13.4 Å². The van der Waals surface area contributed by atoms with Crippen molar-refractivity contribution in [2.75, 3.05) is 0 Å². The molecule has 6 heteroatoms. The number of fused-ring (bicyclic) bond motifs is 16. The van der Waals surface area contributed by atoms with Crippen LogP contribution in [-0.2, 0) is 0 Å². The molecule has 0 bridgehead atoms. The summed E-state index contributed by atoms with van der Waals surface area (Å²) in [6.07, 6.45) is 0. The molecule has 236 valence electrons. The first kappa shape index (κ1) is 26.7. The Morgan fingerprint density at radius 3 is 1.41 bits per heavy atom. The molecule has 0 saturated carbocycles. The van der Waals surface area contributed by atoms with E-state index < -0.39 is 0 Å². The van der Waals surface area contributed by atoms with Crippen molar-refractivity contribution in [3.8, 4) is 34.4 Å². The highest BCUT2D eigenvalue weighted by Crippen LogP contribution is 2.45. The van der Waals surface area contributed by atoms with E-state index in [1.807, 2.05) is 0 Å². The topological polar surface area (TPSA) is 28.3 Å². The third kappa shape index (κ3) is 3.01. The largest absolute Gasteiger partial charge is 0.458 e. The SMILES string of the molecule is CC(C)c1c2c(cc3c1Oc1ccc4c5ccccc5n5c4c1B3c1ccccc1-5)B1c3ccccc3-n3c4ccccc4c4ccc(c1c43)O2. The second-order valence-corrected chi connectivity index (χ2v) is 14.9. The lowest BCUT2D eigenvalue weighted by atomic mass is 9.31. The molecule has 0 aliphatic carbocycles. The fourth-order valence-electron chi connectivity index (χ4n) is 10.3. The Morgan fingerprint density at radius 2 is 0.922 bits per heavy atom. The summed E-state index contributed by atoms with van der Waals surface area (Å²) in [6.45, 7) is 4.59. The van der Waals surface area contributed by atoms with Crippen LogP contribution in [-0.4, -0.2) is 22.6 Å². The maximum Gasteiger partial charge on any atom is 0.256 e. The minimum atomic E-state index is 0.0192. The van der Waals surface area contributed by atoms with Crippen molar-refractivity contribution >= 4 is 89.8 Å². The summed E-state index contributed by atoms with van der Waals surface area (Å²) in [5.74, 6) is 3.93. The molecule has 0 fully saturated rings. The van der Waals surface area contributed by atoms with Crippen molar-refractivity contribution in [2.45, 2.75) is 19.8 Å². The van der Waals surface area contributed by atoms with E-state index in [0.29, 0.717) is 0 Å². The Kier molecular flexibility index (Phi) is 4.69. The number of aromatic nitrogens is 2.